The van der Waals surface area contributed by atoms with Crippen molar-refractivity contribution in [2.24, 2.45) is 17.3 Å². The van der Waals surface area contributed by atoms with Gasteiger partial charge in [-0.25, -0.2) is 9.97 Å². The molecule has 1 saturated carbocycles. The highest BCUT2D eigenvalue weighted by molar-refractivity contribution is 5.84. The molecule has 1 amide bonds. The number of aromatic nitrogens is 2. The van der Waals surface area contributed by atoms with E-state index >= 15 is 0 Å². The molecule has 2 saturated heterocycles. The average Bonchev–Trinajstić information content (AvgIpc) is 3.60. The van der Waals surface area contributed by atoms with E-state index in [2.05, 4.69) is 55.4 Å². The van der Waals surface area contributed by atoms with Gasteiger partial charge in [0.15, 0.2) is 0 Å². The highest BCUT2D eigenvalue weighted by Crippen LogP contribution is 2.44. The number of fused-ring (bicyclic) bond motifs is 1. The van der Waals surface area contributed by atoms with Crippen LogP contribution in [0.2, 0.25) is 0 Å². The first kappa shape index (κ1) is 20.4. The zero-order valence-electron chi connectivity index (χ0n) is 18.2. The van der Waals surface area contributed by atoms with Crippen molar-refractivity contribution in [2.75, 3.05) is 44.2 Å². The molecule has 0 radical (unpaired) electrons. The SMILES string of the molecule is O=C(NCC1CC1)[C@]12CCCN(CCc3ccccc3)C[C@H]1CN(c1ncccn1)C2. The first-order valence-electron chi connectivity index (χ1n) is 11.8. The molecule has 6 nitrogen and oxygen atoms in total. The molecule has 0 unspecified atom stereocenters. The molecule has 1 N–H and O–H groups in total. The second-order valence-corrected chi connectivity index (χ2v) is 9.58. The fourth-order valence-electron chi connectivity index (χ4n) is 5.36. The molecule has 3 heterocycles. The van der Waals surface area contributed by atoms with Crippen LogP contribution in [0, 0.1) is 17.3 Å². The molecule has 1 aromatic heterocycles. The summed E-state index contributed by atoms with van der Waals surface area (Å²) >= 11 is 0. The molecule has 164 valence electrons. The van der Waals surface area contributed by atoms with Gasteiger partial charge < -0.3 is 15.1 Å². The standard InChI is InChI=1S/C25H33N5O/c31-23(28-16-21-8-9-21)25-11-4-14-29(15-10-20-6-2-1-3-7-20)17-22(25)18-30(19-25)24-26-12-5-13-27-24/h1-3,5-7,12-13,21-22H,4,8-11,14-19H2,(H,28,31)/t22-,25-/m0/s1. The van der Waals surface area contributed by atoms with Gasteiger partial charge in [0.2, 0.25) is 11.9 Å². The maximum Gasteiger partial charge on any atom is 0.228 e. The van der Waals surface area contributed by atoms with Gasteiger partial charge >= 0.3 is 0 Å². The van der Waals surface area contributed by atoms with Gasteiger partial charge in [-0.2, -0.15) is 0 Å². The fraction of sp³-hybridized carbons (Fsp3) is 0.560. The molecule has 2 aliphatic heterocycles. The van der Waals surface area contributed by atoms with Crippen LogP contribution in [0.4, 0.5) is 5.95 Å². The van der Waals surface area contributed by atoms with Crippen molar-refractivity contribution in [3.05, 3.63) is 54.4 Å². The molecule has 31 heavy (non-hydrogen) atoms. The molecule has 2 aromatic rings. The largest absolute Gasteiger partial charge is 0.355 e. The molecule has 0 bridgehead atoms. The summed E-state index contributed by atoms with van der Waals surface area (Å²) in [6, 6.07) is 12.6. The Balaban J connectivity index is 1.32. The lowest BCUT2D eigenvalue weighted by Crippen LogP contribution is -2.48. The maximum atomic E-state index is 13.6. The Morgan fingerprint density at radius 1 is 1.10 bits per heavy atom. The molecular weight excluding hydrogens is 386 g/mol. The quantitative estimate of drug-likeness (QED) is 0.748. The summed E-state index contributed by atoms with van der Waals surface area (Å²) in [6.07, 6.45) is 9.16. The summed E-state index contributed by atoms with van der Waals surface area (Å²) in [7, 11) is 0. The maximum absolute atomic E-state index is 13.6. The lowest BCUT2D eigenvalue weighted by molar-refractivity contribution is -0.132. The number of amides is 1. The van der Waals surface area contributed by atoms with E-state index in [0.29, 0.717) is 11.8 Å². The van der Waals surface area contributed by atoms with E-state index in [1.54, 1.807) is 12.4 Å². The minimum atomic E-state index is -0.338. The Morgan fingerprint density at radius 2 is 1.90 bits per heavy atom. The van der Waals surface area contributed by atoms with E-state index in [-0.39, 0.29) is 11.3 Å². The Kier molecular flexibility index (Phi) is 5.90. The number of carbonyl (C=O) groups excluding carboxylic acids is 1. The van der Waals surface area contributed by atoms with Crippen molar-refractivity contribution in [1.82, 2.24) is 20.2 Å². The van der Waals surface area contributed by atoms with Crippen molar-refractivity contribution >= 4 is 11.9 Å². The van der Waals surface area contributed by atoms with Crippen LogP contribution < -0.4 is 10.2 Å². The van der Waals surface area contributed by atoms with Crippen LogP contribution in [0.1, 0.15) is 31.2 Å². The number of hydrogen-bond donors (Lipinski definition) is 1. The Labute approximate surface area is 185 Å². The molecule has 6 heteroatoms. The van der Waals surface area contributed by atoms with Crippen molar-refractivity contribution < 1.29 is 4.79 Å². The van der Waals surface area contributed by atoms with Gasteiger partial charge in [0.1, 0.15) is 0 Å². The summed E-state index contributed by atoms with van der Waals surface area (Å²) in [6.45, 7) is 5.50. The predicted molar refractivity (Wildman–Crippen MR) is 122 cm³/mol. The Morgan fingerprint density at radius 3 is 2.68 bits per heavy atom. The number of carbonyl (C=O) groups is 1. The third-order valence-electron chi connectivity index (χ3n) is 7.37. The molecular formula is C25H33N5O. The number of likely N-dealkylation sites (tertiary alicyclic amines) is 1. The molecule has 1 aliphatic carbocycles. The van der Waals surface area contributed by atoms with Gasteiger partial charge in [-0.1, -0.05) is 30.3 Å². The third-order valence-corrected chi connectivity index (χ3v) is 7.37. The summed E-state index contributed by atoms with van der Waals surface area (Å²) in [4.78, 5) is 27.3. The van der Waals surface area contributed by atoms with E-state index in [1.165, 1.54) is 18.4 Å². The molecule has 0 spiro atoms. The fourth-order valence-corrected chi connectivity index (χ4v) is 5.36. The summed E-state index contributed by atoms with van der Waals surface area (Å²) in [5, 5.41) is 3.32. The Bertz CT molecular complexity index is 872. The minimum Gasteiger partial charge on any atom is -0.355 e. The number of rotatable bonds is 7. The van der Waals surface area contributed by atoms with Crippen molar-refractivity contribution in [1.29, 1.82) is 0 Å². The van der Waals surface area contributed by atoms with Crippen LogP contribution in [0.15, 0.2) is 48.8 Å². The second kappa shape index (κ2) is 8.95. The zero-order valence-corrected chi connectivity index (χ0v) is 18.2. The molecule has 5 rings (SSSR count). The van der Waals surface area contributed by atoms with E-state index in [4.69, 9.17) is 0 Å². The van der Waals surface area contributed by atoms with E-state index < -0.39 is 0 Å². The predicted octanol–water partition coefficient (Wildman–Crippen LogP) is 2.76. The summed E-state index contributed by atoms with van der Waals surface area (Å²) in [5.74, 6) is 2.00. The van der Waals surface area contributed by atoms with Gasteiger partial charge in [-0.3, -0.25) is 4.79 Å². The number of anilines is 1. The summed E-state index contributed by atoms with van der Waals surface area (Å²) in [5.41, 5.74) is 1.04. The monoisotopic (exact) mass is 419 g/mol. The van der Waals surface area contributed by atoms with E-state index in [0.717, 1.165) is 64.5 Å². The second-order valence-electron chi connectivity index (χ2n) is 9.58. The first-order chi connectivity index (χ1) is 15.2. The van der Waals surface area contributed by atoms with Crippen LogP contribution in [0.25, 0.3) is 0 Å². The smallest absolute Gasteiger partial charge is 0.228 e. The first-order valence-corrected chi connectivity index (χ1v) is 11.8. The highest BCUT2D eigenvalue weighted by Gasteiger charge is 2.53. The Hall–Kier alpha value is -2.47. The van der Waals surface area contributed by atoms with E-state index in [1.807, 2.05) is 6.07 Å². The average molecular weight is 420 g/mol. The zero-order chi connectivity index (χ0) is 21.1. The number of hydrogen-bond acceptors (Lipinski definition) is 5. The van der Waals surface area contributed by atoms with Crippen LogP contribution >= 0.6 is 0 Å². The van der Waals surface area contributed by atoms with Crippen molar-refractivity contribution in [3.8, 4) is 0 Å². The van der Waals surface area contributed by atoms with Gasteiger partial charge in [-0.05, 0) is 56.2 Å². The molecule has 3 aliphatic rings. The van der Waals surface area contributed by atoms with Crippen LogP contribution in [0.3, 0.4) is 0 Å². The molecule has 1 aromatic carbocycles. The lowest BCUT2D eigenvalue weighted by atomic mass is 9.74. The van der Waals surface area contributed by atoms with Gasteiger partial charge in [-0.15, -0.1) is 0 Å². The molecule has 3 fully saturated rings. The van der Waals surface area contributed by atoms with Crippen molar-refractivity contribution in [3.63, 3.8) is 0 Å². The summed E-state index contributed by atoms with van der Waals surface area (Å²) < 4.78 is 0. The van der Waals surface area contributed by atoms with E-state index in [9.17, 15) is 4.79 Å². The highest BCUT2D eigenvalue weighted by atomic mass is 16.2. The van der Waals surface area contributed by atoms with Crippen molar-refractivity contribution in [2.45, 2.75) is 32.1 Å². The number of nitrogens with one attached hydrogen (secondary N) is 1. The lowest BCUT2D eigenvalue weighted by Gasteiger charge is -2.32. The van der Waals surface area contributed by atoms with Crippen LogP contribution in [-0.2, 0) is 11.2 Å². The van der Waals surface area contributed by atoms with Crippen LogP contribution in [0.5, 0.6) is 0 Å². The number of nitrogens with zero attached hydrogens (tertiary/aromatic N) is 4. The normalized spacial score (nSPS) is 26.3. The van der Waals surface area contributed by atoms with Gasteiger partial charge in [0.25, 0.3) is 0 Å². The van der Waals surface area contributed by atoms with Crippen LogP contribution in [-0.4, -0.2) is 60.0 Å². The van der Waals surface area contributed by atoms with Gasteiger partial charge in [0.05, 0.1) is 5.41 Å². The third kappa shape index (κ3) is 4.59. The van der Waals surface area contributed by atoms with Gasteiger partial charge in [0, 0.05) is 51.0 Å². The molecule has 2 atom stereocenters. The topological polar surface area (TPSA) is 61.4 Å². The minimum absolute atomic E-state index is 0.257. The number of benzene rings is 1.